The Hall–Kier alpha value is -3.05. The van der Waals surface area contributed by atoms with Gasteiger partial charge in [0, 0.05) is 10.4 Å². The first kappa shape index (κ1) is 25.1. The molecule has 5 heteroatoms. The van der Waals surface area contributed by atoms with E-state index in [0.29, 0.717) is 11.0 Å². The van der Waals surface area contributed by atoms with Crippen LogP contribution >= 0.6 is 15.9 Å². The van der Waals surface area contributed by atoms with Crippen molar-refractivity contribution in [3.05, 3.63) is 103 Å². The van der Waals surface area contributed by atoms with Crippen LogP contribution in [0.1, 0.15) is 75.3 Å². The minimum Gasteiger partial charge on any atom is -0.507 e. The quantitative estimate of drug-likeness (QED) is 0.263. The van der Waals surface area contributed by atoms with E-state index in [1.807, 2.05) is 36.4 Å². The smallest absolute Gasteiger partial charge is 0.344 e. The number of fused-ring (bicyclic) bond motifs is 1. The van der Waals surface area contributed by atoms with Gasteiger partial charge >= 0.3 is 5.63 Å². The topological polar surface area (TPSA) is 70.7 Å². The van der Waals surface area contributed by atoms with Crippen molar-refractivity contribution in [2.75, 3.05) is 0 Å². The Morgan fingerprint density at radius 1 is 0.771 bits per heavy atom. The van der Waals surface area contributed by atoms with E-state index in [4.69, 9.17) is 4.42 Å². The molecule has 3 aromatic carbocycles. The zero-order valence-electron chi connectivity index (χ0n) is 20.9. The molecule has 182 valence electrons. The van der Waals surface area contributed by atoms with Gasteiger partial charge < -0.3 is 14.6 Å². The van der Waals surface area contributed by atoms with Crippen LogP contribution in [0, 0.1) is 0 Å². The van der Waals surface area contributed by atoms with Crippen LogP contribution in [0.4, 0.5) is 0 Å². The summed E-state index contributed by atoms with van der Waals surface area (Å²) in [5, 5.41) is 23.1. The number of benzene rings is 3. The molecule has 0 fully saturated rings. The normalized spacial score (nSPS) is 13.2. The molecule has 0 amide bonds. The summed E-state index contributed by atoms with van der Waals surface area (Å²) < 4.78 is 6.57. The fourth-order valence-electron chi connectivity index (χ4n) is 4.55. The predicted molar refractivity (Wildman–Crippen MR) is 145 cm³/mol. The largest absolute Gasteiger partial charge is 0.507 e. The highest BCUT2D eigenvalue weighted by atomic mass is 79.9. The van der Waals surface area contributed by atoms with E-state index in [0.717, 1.165) is 26.7 Å². The molecular weight excluding hydrogens is 504 g/mol. The van der Waals surface area contributed by atoms with Gasteiger partial charge in [-0.2, -0.15) is 0 Å². The summed E-state index contributed by atoms with van der Waals surface area (Å²) >= 11 is 3.49. The van der Waals surface area contributed by atoms with E-state index in [9.17, 15) is 15.0 Å². The monoisotopic (exact) mass is 534 g/mol. The van der Waals surface area contributed by atoms with Crippen molar-refractivity contribution < 1.29 is 14.6 Å². The van der Waals surface area contributed by atoms with Gasteiger partial charge in [0.2, 0.25) is 0 Å². The number of hydrogen-bond donors (Lipinski definition) is 2. The molecule has 4 nitrogen and oxygen atoms in total. The lowest BCUT2D eigenvalue weighted by Gasteiger charge is -2.30. The number of rotatable bonds is 3. The summed E-state index contributed by atoms with van der Waals surface area (Å²) in [4.78, 5) is 13.4. The van der Waals surface area contributed by atoms with Crippen LogP contribution in [-0.4, -0.2) is 10.2 Å². The number of hydrogen-bond acceptors (Lipinski definition) is 4. The number of aromatic hydroxyl groups is 2. The van der Waals surface area contributed by atoms with Crippen molar-refractivity contribution in [1.29, 1.82) is 0 Å². The second-order valence-electron chi connectivity index (χ2n) is 11.1. The molecule has 0 bridgehead atoms. The molecule has 0 aliphatic heterocycles. The number of phenolic OH excluding ortho intramolecular Hbond substituents is 1. The second-order valence-corrected chi connectivity index (χ2v) is 12.0. The van der Waals surface area contributed by atoms with Gasteiger partial charge in [-0.3, -0.25) is 0 Å². The molecule has 0 aliphatic carbocycles. The molecule has 1 unspecified atom stereocenters. The zero-order chi connectivity index (χ0) is 25.7. The molecule has 4 rings (SSSR count). The molecule has 1 atom stereocenters. The fraction of sp³-hybridized carbons (Fsp3) is 0.300. The molecule has 0 radical (unpaired) electrons. The maximum Gasteiger partial charge on any atom is 0.344 e. The molecule has 1 aromatic heterocycles. The van der Waals surface area contributed by atoms with Crippen molar-refractivity contribution in [2.45, 2.75) is 58.3 Å². The van der Waals surface area contributed by atoms with Crippen LogP contribution in [0.15, 0.2) is 74.3 Å². The summed E-state index contributed by atoms with van der Waals surface area (Å²) in [6.07, 6.45) is 0. The first-order valence-electron chi connectivity index (χ1n) is 11.7. The van der Waals surface area contributed by atoms with Crippen LogP contribution in [0.25, 0.3) is 11.0 Å². The number of phenols is 1. The Balaban J connectivity index is 2.12. The Bertz CT molecular complexity index is 1420. The number of halogens is 1. The van der Waals surface area contributed by atoms with Crippen LogP contribution in [0.3, 0.4) is 0 Å². The first-order chi connectivity index (χ1) is 16.3. The van der Waals surface area contributed by atoms with Crippen molar-refractivity contribution in [3.63, 3.8) is 0 Å². The van der Waals surface area contributed by atoms with Crippen molar-refractivity contribution in [1.82, 2.24) is 0 Å². The molecular formula is C30H31BrO4. The Kier molecular flexibility index (Phi) is 6.35. The molecule has 35 heavy (non-hydrogen) atoms. The van der Waals surface area contributed by atoms with Gasteiger partial charge in [0.1, 0.15) is 17.1 Å². The van der Waals surface area contributed by atoms with Gasteiger partial charge in [-0.25, -0.2) is 4.79 Å². The van der Waals surface area contributed by atoms with Gasteiger partial charge in [-0.15, -0.1) is 0 Å². The van der Waals surface area contributed by atoms with Crippen molar-refractivity contribution >= 4 is 26.9 Å². The first-order valence-corrected chi connectivity index (χ1v) is 12.5. The summed E-state index contributed by atoms with van der Waals surface area (Å²) in [5.41, 5.74) is 2.44. The molecule has 0 saturated heterocycles. The molecule has 2 N–H and O–H groups in total. The zero-order valence-corrected chi connectivity index (χ0v) is 22.5. The Morgan fingerprint density at radius 2 is 1.31 bits per heavy atom. The standard InChI is InChI=1S/C30H31BrO4/c1-29(2,3)21-15-18(16-22(27(21)33)30(4,5)6)24(17-11-13-19(31)14-12-17)25-26(32)20-9-7-8-10-23(20)35-28(25)34/h7-16,24,32-33H,1-6H3. The third-order valence-corrected chi connectivity index (χ3v) is 6.92. The lowest BCUT2D eigenvalue weighted by Crippen LogP contribution is -2.20. The molecule has 1 heterocycles. The summed E-state index contributed by atoms with van der Waals surface area (Å²) in [6, 6.07) is 18.6. The van der Waals surface area contributed by atoms with E-state index >= 15 is 0 Å². The summed E-state index contributed by atoms with van der Waals surface area (Å²) in [7, 11) is 0. The average molecular weight is 535 g/mol. The second kappa shape index (κ2) is 8.87. The van der Waals surface area contributed by atoms with Crippen molar-refractivity contribution in [2.24, 2.45) is 0 Å². The third-order valence-electron chi connectivity index (χ3n) is 6.39. The van der Waals surface area contributed by atoms with Gasteiger partial charge in [-0.05, 0) is 57.3 Å². The van der Waals surface area contributed by atoms with Crippen LogP contribution < -0.4 is 5.63 Å². The minimum atomic E-state index is -0.605. The van der Waals surface area contributed by atoms with Crippen molar-refractivity contribution in [3.8, 4) is 11.5 Å². The van der Waals surface area contributed by atoms with E-state index in [1.54, 1.807) is 24.3 Å². The average Bonchev–Trinajstić information content (AvgIpc) is 2.76. The van der Waals surface area contributed by atoms with Crippen LogP contribution in [-0.2, 0) is 10.8 Å². The fourth-order valence-corrected chi connectivity index (χ4v) is 4.81. The molecule has 0 aliphatic rings. The van der Waals surface area contributed by atoms with Gasteiger partial charge in [0.25, 0.3) is 0 Å². The highest BCUT2D eigenvalue weighted by Gasteiger charge is 2.32. The SMILES string of the molecule is CC(C)(C)c1cc(C(c2ccc(Br)cc2)c2c(O)c3ccccc3oc2=O)cc(C(C)(C)C)c1O. The molecule has 0 saturated carbocycles. The summed E-state index contributed by atoms with van der Waals surface area (Å²) in [5.74, 6) is -0.433. The highest BCUT2D eigenvalue weighted by molar-refractivity contribution is 9.10. The maximum atomic E-state index is 13.4. The van der Waals surface area contributed by atoms with Crippen LogP contribution in [0.5, 0.6) is 11.5 Å². The van der Waals surface area contributed by atoms with Crippen LogP contribution in [0.2, 0.25) is 0 Å². The summed E-state index contributed by atoms with van der Waals surface area (Å²) in [6.45, 7) is 12.3. The van der Waals surface area contributed by atoms with E-state index in [1.165, 1.54) is 0 Å². The maximum absolute atomic E-state index is 13.4. The Morgan fingerprint density at radius 3 is 1.86 bits per heavy atom. The highest BCUT2D eigenvalue weighted by Crippen LogP contribution is 2.45. The predicted octanol–water partition coefficient (Wildman–Crippen LogP) is 7.74. The van der Waals surface area contributed by atoms with Gasteiger partial charge in [0.05, 0.1) is 10.9 Å². The Labute approximate surface area is 214 Å². The minimum absolute atomic E-state index is 0.0903. The van der Waals surface area contributed by atoms with E-state index < -0.39 is 11.5 Å². The third kappa shape index (κ3) is 4.74. The van der Waals surface area contributed by atoms with E-state index in [2.05, 4.69) is 57.5 Å². The molecule has 0 spiro atoms. The lowest BCUT2D eigenvalue weighted by molar-refractivity contribution is 0.422. The molecule has 4 aromatic rings. The number of para-hydroxylation sites is 1. The lowest BCUT2D eigenvalue weighted by atomic mass is 9.75. The van der Waals surface area contributed by atoms with E-state index in [-0.39, 0.29) is 27.9 Å². The van der Waals surface area contributed by atoms with Gasteiger partial charge in [-0.1, -0.05) is 93.9 Å². The van der Waals surface area contributed by atoms with Gasteiger partial charge in [0.15, 0.2) is 0 Å².